The van der Waals surface area contributed by atoms with Gasteiger partial charge in [-0.1, -0.05) is 63.2 Å². The molecule has 0 radical (unpaired) electrons. The number of hydrogen-bond donors (Lipinski definition) is 1. The number of allylic oxidation sites excluding steroid dienone is 1. The van der Waals surface area contributed by atoms with Crippen LogP contribution in [-0.2, 0) is 4.74 Å². The topological polar surface area (TPSA) is 63.6 Å². The normalized spacial score (nSPS) is 10.4. The Kier molecular flexibility index (Phi) is 11.1. The Morgan fingerprint density at radius 3 is 1.96 bits per heavy atom. The quantitative estimate of drug-likeness (QED) is 0.269. The van der Waals surface area contributed by atoms with E-state index in [0.717, 1.165) is 25.7 Å². The minimum atomic E-state index is -1.11. The van der Waals surface area contributed by atoms with E-state index in [1.54, 1.807) is 12.1 Å². The van der Waals surface area contributed by atoms with Crippen LogP contribution >= 0.6 is 0 Å². The van der Waals surface area contributed by atoms with Gasteiger partial charge in [0, 0.05) is 0 Å². The molecule has 138 valence electrons. The van der Waals surface area contributed by atoms with E-state index in [9.17, 15) is 9.59 Å². The highest BCUT2D eigenvalue weighted by Gasteiger charge is 2.16. The summed E-state index contributed by atoms with van der Waals surface area (Å²) in [6, 6.07) is 6.14. The van der Waals surface area contributed by atoms with Crippen LogP contribution in [0.15, 0.2) is 36.9 Å². The first kappa shape index (κ1) is 20.9. The first-order chi connectivity index (χ1) is 12.2. The molecule has 1 N–H and O–H groups in total. The molecule has 0 fully saturated rings. The van der Waals surface area contributed by atoms with E-state index in [0.29, 0.717) is 6.61 Å². The fourth-order valence-electron chi connectivity index (χ4n) is 2.72. The molecule has 0 saturated carbocycles. The number of aromatic carboxylic acids is 1. The number of carbonyl (C=O) groups is 2. The van der Waals surface area contributed by atoms with Crippen LogP contribution in [0.4, 0.5) is 0 Å². The molecule has 1 aromatic rings. The highest BCUT2D eigenvalue weighted by molar-refractivity contribution is 6.02. The first-order valence-corrected chi connectivity index (χ1v) is 9.27. The lowest BCUT2D eigenvalue weighted by molar-refractivity contribution is 0.0487. The molecule has 0 aromatic heterocycles. The van der Waals surface area contributed by atoms with Gasteiger partial charge in [0.2, 0.25) is 0 Å². The number of ether oxygens (including phenoxy) is 1. The van der Waals surface area contributed by atoms with Crippen molar-refractivity contribution in [2.45, 2.75) is 64.2 Å². The van der Waals surface area contributed by atoms with Gasteiger partial charge in [-0.25, -0.2) is 9.59 Å². The van der Waals surface area contributed by atoms with Crippen molar-refractivity contribution in [2.24, 2.45) is 0 Å². The van der Waals surface area contributed by atoms with Crippen molar-refractivity contribution in [2.75, 3.05) is 6.61 Å². The zero-order valence-corrected chi connectivity index (χ0v) is 15.0. The second-order valence-corrected chi connectivity index (χ2v) is 6.25. The molecule has 1 aromatic carbocycles. The van der Waals surface area contributed by atoms with E-state index in [1.807, 2.05) is 6.08 Å². The third-order valence-corrected chi connectivity index (χ3v) is 4.16. The Bertz CT molecular complexity index is 536. The molecular weight excluding hydrogens is 316 g/mol. The van der Waals surface area contributed by atoms with E-state index in [-0.39, 0.29) is 11.1 Å². The fourth-order valence-corrected chi connectivity index (χ4v) is 2.72. The van der Waals surface area contributed by atoms with E-state index < -0.39 is 11.9 Å². The molecule has 0 aliphatic heterocycles. The zero-order chi connectivity index (χ0) is 18.3. The maximum absolute atomic E-state index is 12.0. The summed E-state index contributed by atoms with van der Waals surface area (Å²) in [7, 11) is 0. The summed E-state index contributed by atoms with van der Waals surface area (Å²) in [5.74, 6) is -1.67. The summed E-state index contributed by atoms with van der Waals surface area (Å²) >= 11 is 0. The molecule has 25 heavy (non-hydrogen) atoms. The summed E-state index contributed by atoms with van der Waals surface area (Å²) in [4.78, 5) is 23.0. The number of benzene rings is 1. The number of rotatable bonds is 14. The average molecular weight is 346 g/mol. The van der Waals surface area contributed by atoms with Gasteiger partial charge in [0.05, 0.1) is 17.7 Å². The van der Waals surface area contributed by atoms with Gasteiger partial charge < -0.3 is 9.84 Å². The molecule has 0 aliphatic rings. The maximum Gasteiger partial charge on any atom is 0.339 e. The van der Waals surface area contributed by atoms with Crippen LogP contribution in [0.3, 0.4) is 0 Å². The fraction of sp³-hybridized carbons (Fsp3) is 0.524. The molecule has 0 aliphatic carbocycles. The monoisotopic (exact) mass is 346 g/mol. The van der Waals surface area contributed by atoms with Gasteiger partial charge >= 0.3 is 11.9 Å². The van der Waals surface area contributed by atoms with Gasteiger partial charge in [0.25, 0.3) is 0 Å². The Morgan fingerprint density at radius 2 is 1.40 bits per heavy atom. The van der Waals surface area contributed by atoms with E-state index in [1.165, 1.54) is 50.7 Å². The Hall–Kier alpha value is -2.10. The number of unbranched alkanes of at least 4 members (excludes halogenated alkanes) is 9. The van der Waals surface area contributed by atoms with Crippen LogP contribution in [0.5, 0.6) is 0 Å². The van der Waals surface area contributed by atoms with Crippen LogP contribution in [0, 0.1) is 0 Å². The van der Waals surface area contributed by atoms with E-state index in [4.69, 9.17) is 9.84 Å². The molecule has 0 heterocycles. The van der Waals surface area contributed by atoms with Gasteiger partial charge in [-0.2, -0.15) is 0 Å². The Labute approximate surface area is 150 Å². The van der Waals surface area contributed by atoms with E-state index in [2.05, 4.69) is 6.58 Å². The molecule has 0 atom stereocenters. The second-order valence-electron chi connectivity index (χ2n) is 6.25. The minimum Gasteiger partial charge on any atom is -0.478 e. The third-order valence-electron chi connectivity index (χ3n) is 4.16. The van der Waals surface area contributed by atoms with Crippen molar-refractivity contribution in [3.8, 4) is 0 Å². The lowest BCUT2D eigenvalue weighted by Crippen LogP contribution is -2.12. The van der Waals surface area contributed by atoms with Crippen LogP contribution in [0.2, 0.25) is 0 Å². The van der Waals surface area contributed by atoms with Crippen molar-refractivity contribution in [3.63, 3.8) is 0 Å². The maximum atomic E-state index is 12.0. The lowest BCUT2D eigenvalue weighted by Gasteiger charge is -2.07. The van der Waals surface area contributed by atoms with Crippen molar-refractivity contribution in [3.05, 3.63) is 48.0 Å². The predicted molar refractivity (Wildman–Crippen MR) is 100 cm³/mol. The summed E-state index contributed by atoms with van der Waals surface area (Å²) in [6.07, 6.45) is 13.7. The first-order valence-electron chi connectivity index (χ1n) is 9.27. The van der Waals surface area contributed by atoms with Gasteiger partial charge in [-0.05, 0) is 31.4 Å². The van der Waals surface area contributed by atoms with Crippen LogP contribution in [0.25, 0.3) is 0 Å². The molecule has 4 nitrogen and oxygen atoms in total. The molecule has 1 rings (SSSR count). The number of carbonyl (C=O) groups excluding carboxylic acids is 1. The Balaban J connectivity index is 2.06. The van der Waals surface area contributed by atoms with Crippen LogP contribution in [0.1, 0.15) is 84.9 Å². The summed E-state index contributed by atoms with van der Waals surface area (Å²) in [5, 5.41) is 9.08. The predicted octanol–water partition coefficient (Wildman–Crippen LogP) is 5.63. The SMILES string of the molecule is C=CCCCCCCCCCCCOC(=O)c1ccccc1C(=O)O. The Morgan fingerprint density at radius 1 is 0.880 bits per heavy atom. The van der Waals surface area contributed by atoms with Crippen molar-refractivity contribution in [1.29, 1.82) is 0 Å². The molecule has 0 unspecified atom stereocenters. The van der Waals surface area contributed by atoms with Crippen LogP contribution in [-0.4, -0.2) is 23.7 Å². The van der Waals surface area contributed by atoms with E-state index >= 15 is 0 Å². The second kappa shape index (κ2) is 13.2. The average Bonchev–Trinajstić information content (AvgIpc) is 2.62. The largest absolute Gasteiger partial charge is 0.478 e. The number of esters is 1. The smallest absolute Gasteiger partial charge is 0.339 e. The summed E-state index contributed by atoms with van der Waals surface area (Å²) in [5.41, 5.74) is 0.104. The third kappa shape index (κ3) is 9.08. The molecule has 0 amide bonds. The number of carboxylic acid groups (broad SMARTS) is 1. The summed E-state index contributed by atoms with van der Waals surface area (Å²) < 4.78 is 5.19. The lowest BCUT2D eigenvalue weighted by atomic mass is 10.1. The van der Waals surface area contributed by atoms with Gasteiger partial charge in [0.1, 0.15) is 0 Å². The molecule has 0 bridgehead atoms. The highest BCUT2D eigenvalue weighted by Crippen LogP contribution is 2.12. The van der Waals surface area contributed by atoms with Crippen LogP contribution < -0.4 is 0 Å². The van der Waals surface area contributed by atoms with Crippen molar-refractivity contribution >= 4 is 11.9 Å². The van der Waals surface area contributed by atoms with Gasteiger partial charge in [-0.15, -0.1) is 6.58 Å². The standard InChI is InChI=1S/C21H30O4/c1-2-3-4-5-6-7-8-9-10-11-14-17-25-21(24)19-16-13-12-15-18(19)20(22)23/h2,12-13,15-16H,1,3-11,14,17H2,(H,22,23). The molecular formula is C21H30O4. The molecule has 4 heteroatoms. The van der Waals surface area contributed by atoms with Crippen molar-refractivity contribution in [1.82, 2.24) is 0 Å². The summed E-state index contributed by atoms with van der Waals surface area (Å²) in [6.45, 7) is 4.07. The highest BCUT2D eigenvalue weighted by atomic mass is 16.5. The minimum absolute atomic E-state index is 0.0133. The number of carboxylic acids is 1. The van der Waals surface area contributed by atoms with Gasteiger partial charge in [-0.3, -0.25) is 0 Å². The molecule has 0 saturated heterocycles. The molecule has 0 spiro atoms. The number of hydrogen-bond acceptors (Lipinski definition) is 3. The van der Waals surface area contributed by atoms with Crippen molar-refractivity contribution < 1.29 is 19.4 Å². The van der Waals surface area contributed by atoms with Gasteiger partial charge in [0.15, 0.2) is 0 Å². The zero-order valence-electron chi connectivity index (χ0n) is 15.0.